The number of H-pyrrole nitrogens is 1. The second-order valence-corrected chi connectivity index (χ2v) is 4.41. The largest absolute Gasteiger partial charge is 0.504 e. The number of aromatic nitrogens is 2. The van der Waals surface area contributed by atoms with Gasteiger partial charge < -0.3 is 14.5 Å². The van der Waals surface area contributed by atoms with E-state index in [4.69, 9.17) is 4.42 Å². The minimum atomic E-state index is -0.362. The zero-order valence-electron chi connectivity index (χ0n) is 10.8. The number of rotatable bonds is 2. The maximum atomic E-state index is 11.9. The van der Waals surface area contributed by atoms with Crippen molar-refractivity contribution >= 4 is 22.9 Å². The molecule has 0 amide bonds. The number of para-hydroxylation sites is 2. The van der Waals surface area contributed by atoms with Crippen molar-refractivity contribution in [3.8, 4) is 0 Å². The minimum absolute atomic E-state index is 0.133. The van der Waals surface area contributed by atoms with Crippen LogP contribution in [0.2, 0.25) is 0 Å². The number of hydrogen-bond acceptors (Lipinski definition) is 4. The van der Waals surface area contributed by atoms with Gasteiger partial charge in [-0.3, -0.25) is 4.79 Å². The van der Waals surface area contributed by atoms with Crippen LogP contribution in [0.15, 0.2) is 45.6 Å². The van der Waals surface area contributed by atoms with Gasteiger partial charge in [0.2, 0.25) is 0 Å². The summed E-state index contributed by atoms with van der Waals surface area (Å²) in [4.78, 5) is 18.8. The number of benzene rings is 1. The Labute approximate surface area is 114 Å². The third-order valence-corrected chi connectivity index (χ3v) is 2.89. The summed E-state index contributed by atoms with van der Waals surface area (Å²) >= 11 is 0. The molecule has 5 heteroatoms. The van der Waals surface area contributed by atoms with E-state index in [1.165, 1.54) is 6.08 Å². The van der Waals surface area contributed by atoms with E-state index in [1.54, 1.807) is 31.2 Å². The molecule has 3 aromatic rings. The average molecular weight is 268 g/mol. The van der Waals surface area contributed by atoms with Gasteiger partial charge in [-0.2, -0.15) is 0 Å². The van der Waals surface area contributed by atoms with Gasteiger partial charge in [0.05, 0.1) is 11.0 Å². The molecule has 1 aromatic carbocycles. The second kappa shape index (κ2) is 4.70. The van der Waals surface area contributed by atoms with Gasteiger partial charge in [0.25, 0.3) is 5.56 Å². The monoisotopic (exact) mass is 268 g/mol. The van der Waals surface area contributed by atoms with Crippen molar-refractivity contribution in [2.45, 2.75) is 6.92 Å². The number of aryl methyl sites for hydroxylation is 1. The predicted molar refractivity (Wildman–Crippen MR) is 76.3 cm³/mol. The van der Waals surface area contributed by atoms with Gasteiger partial charge in [-0.15, -0.1) is 0 Å². The van der Waals surface area contributed by atoms with Crippen molar-refractivity contribution in [2.75, 3.05) is 0 Å². The molecule has 0 saturated heterocycles. The number of aromatic amines is 1. The maximum Gasteiger partial charge on any atom is 0.274 e. The van der Waals surface area contributed by atoms with E-state index >= 15 is 0 Å². The Balaban J connectivity index is 2.10. The highest BCUT2D eigenvalue weighted by molar-refractivity contribution is 5.78. The maximum absolute atomic E-state index is 11.9. The summed E-state index contributed by atoms with van der Waals surface area (Å²) in [5.74, 6) is 0.851. The van der Waals surface area contributed by atoms with Gasteiger partial charge in [0, 0.05) is 6.08 Å². The molecule has 0 atom stereocenters. The Morgan fingerprint density at radius 1 is 1.30 bits per heavy atom. The number of aliphatic hydroxyl groups excluding tert-OH is 1. The average Bonchev–Trinajstić information content (AvgIpc) is 2.86. The summed E-state index contributed by atoms with van der Waals surface area (Å²) in [5, 5.41) is 9.96. The molecule has 0 aliphatic carbocycles. The highest BCUT2D eigenvalue weighted by Crippen LogP contribution is 2.17. The van der Waals surface area contributed by atoms with Gasteiger partial charge in [-0.05, 0) is 31.2 Å². The lowest BCUT2D eigenvalue weighted by Gasteiger charge is -1.99. The van der Waals surface area contributed by atoms with Gasteiger partial charge >= 0.3 is 0 Å². The minimum Gasteiger partial charge on any atom is -0.504 e. The van der Waals surface area contributed by atoms with Crippen molar-refractivity contribution in [3.63, 3.8) is 0 Å². The van der Waals surface area contributed by atoms with Gasteiger partial charge in [0.1, 0.15) is 11.5 Å². The summed E-state index contributed by atoms with van der Waals surface area (Å²) < 4.78 is 5.29. The molecule has 20 heavy (non-hydrogen) atoms. The molecule has 0 bridgehead atoms. The zero-order valence-corrected chi connectivity index (χ0v) is 10.8. The first kappa shape index (κ1) is 12.2. The fourth-order valence-electron chi connectivity index (χ4n) is 1.91. The molecule has 0 aliphatic rings. The van der Waals surface area contributed by atoms with Crippen LogP contribution in [0, 0.1) is 6.92 Å². The second-order valence-electron chi connectivity index (χ2n) is 4.41. The van der Waals surface area contributed by atoms with Gasteiger partial charge in [-0.1, -0.05) is 12.1 Å². The molecule has 0 aliphatic heterocycles. The van der Waals surface area contributed by atoms with Crippen LogP contribution < -0.4 is 5.56 Å². The van der Waals surface area contributed by atoms with Crippen LogP contribution in [0.3, 0.4) is 0 Å². The Bertz CT molecular complexity index is 859. The molecule has 0 unspecified atom stereocenters. The van der Waals surface area contributed by atoms with Crippen molar-refractivity contribution < 1.29 is 9.52 Å². The molecule has 0 spiro atoms. The first-order chi connectivity index (χ1) is 9.63. The third kappa shape index (κ3) is 2.21. The third-order valence-electron chi connectivity index (χ3n) is 2.89. The molecule has 0 fully saturated rings. The molecule has 100 valence electrons. The molecule has 3 rings (SSSR count). The van der Waals surface area contributed by atoms with E-state index in [1.807, 2.05) is 12.1 Å². The van der Waals surface area contributed by atoms with Crippen molar-refractivity contribution in [3.05, 3.63) is 64.0 Å². The predicted octanol–water partition coefficient (Wildman–Crippen LogP) is 2.88. The first-order valence-electron chi connectivity index (χ1n) is 6.10. The lowest BCUT2D eigenvalue weighted by atomic mass is 10.2. The van der Waals surface area contributed by atoms with Crippen LogP contribution in [0.1, 0.15) is 17.2 Å². The van der Waals surface area contributed by atoms with Crippen LogP contribution >= 0.6 is 0 Å². The normalized spacial score (nSPS) is 11.9. The summed E-state index contributed by atoms with van der Waals surface area (Å²) in [6, 6.07) is 10.6. The molecule has 5 nitrogen and oxygen atoms in total. The van der Waals surface area contributed by atoms with Crippen LogP contribution in [-0.4, -0.2) is 15.1 Å². The summed E-state index contributed by atoms with van der Waals surface area (Å²) in [5.41, 5.74) is 1.08. The Kier molecular flexibility index (Phi) is 2.87. The highest BCUT2D eigenvalue weighted by Gasteiger charge is 2.07. The van der Waals surface area contributed by atoms with Crippen LogP contribution in [0.25, 0.3) is 22.9 Å². The quantitative estimate of drug-likeness (QED) is 0.700. The van der Waals surface area contributed by atoms with E-state index in [0.29, 0.717) is 22.6 Å². The fourth-order valence-corrected chi connectivity index (χ4v) is 1.91. The first-order valence-corrected chi connectivity index (χ1v) is 6.10. The number of aliphatic hydroxyl groups is 1. The van der Waals surface area contributed by atoms with Gasteiger partial charge in [-0.25, -0.2) is 4.98 Å². The number of furan rings is 1. The SMILES string of the molecule is Cc1ccc(/C(O)=C/c2nc3ccccc3[nH]c2=O)o1. The van der Waals surface area contributed by atoms with Crippen LogP contribution in [0.5, 0.6) is 0 Å². The number of nitrogens with zero attached hydrogens (tertiary/aromatic N) is 1. The Morgan fingerprint density at radius 3 is 2.85 bits per heavy atom. The smallest absolute Gasteiger partial charge is 0.274 e. The molecule has 2 N–H and O–H groups in total. The fraction of sp³-hybridized carbons (Fsp3) is 0.0667. The van der Waals surface area contributed by atoms with E-state index in [-0.39, 0.29) is 17.0 Å². The summed E-state index contributed by atoms with van der Waals surface area (Å²) in [7, 11) is 0. The molecule has 2 aromatic heterocycles. The molecular formula is C15H12N2O3. The molecule has 2 heterocycles. The van der Waals surface area contributed by atoms with Gasteiger partial charge in [0.15, 0.2) is 11.5 Å². The number of nitrogens with one attached hydrogen (secondary N) is 1. The van der Waals surface area contributed by atoms with E-state index in [9.17, 15) is 9.90 Å². The topological polar surface area (TPSA) is 79.1 Å². The van der Waals surface area contributed by atoms with Crippen molar-refractivity contribution in [1.82, 2.24) is 9.97 Å². The van der Waals surface area contributed by atoms with E-state index < -0.39 is 0 Å². The van der Waals surface area contributed by atoms with E-state index in [0.717, 1.165) is 0 Å². The van der Waals surface area contributed by atoms with E-state index in [2.05, 4.69) is 9.97 Å². The zero-order chi connectivity index (χ0) is 14.1. The highest BCUT2D eigenvalue weighted by atomic mass is 16.4. The van der Waals surface area contributed by atoms with Crippen LogP contribution in [0.4, 0.5) is 0 Å². The van der Waals surface area contributed by atoms with Crippen molar-refractivity contribution in [2.24, 2.45) is 0 Å². The summed E-state index contributed by atoms with van der Waals surface area (Å²) in [6.45, 7) is 1.78. The summed E-state index contributed by atoms with van der Waals surface area (Å²) in [6.07, 6.45) is 1.30. The molecular weight excluding hydrogens is 256 g/mol. The lowest BCUT2D eigenvalue weighted by Crippen LogP contribution is -2.11. The molecule has 0 radical (unpaired) electrons. The van der Waals surface area contributed by atoms with Crippen LogP contribution in [-0.2, 0) is 0 Å². The van der Waals surface area contributed by atoms with Crippen molar-refractivity contribution in [1.29, 1.82) is 0 Å². The number of hydrogen-bond donors (Lipinski definition) is 2. The number of fused-ring (bicyclic) bond motifs is 1. The Morgan fingerprint density at radius 2 is 2.10 bits per heavy atom. The lowest BCUT2D eigenvalue weighted by molar-refractivity contribution is 0.451. The Hall–Kier alpha value is -2.82. The standard InChI is InChI=1S/C15H12N2O3/c1-9-6-7-14(20-9)13(18)8-12-15(19)17-11-5-3-2-4-10(11)16-12/h2-8,18H,1H3,(H,17,19)/b13-8-. The molecule has 0 saturated carbocycles.